The highest BCUT2D eigenvalue weighted by molar-refractivity contribution is 6.42. The zero-order chi connectivity index (χ0) is 24.0. The Bertz CT molecular complexity index is 1360. The van der Waals surface area contributed by atoms with Gasteiger partial charge in [-0.25, -0.2) is 4.98 Å². The average molecular weight is 495 g/mol. The van der Waals surface area contributed by atoms with Crippen LogP contribution in [0, 0.1) is 11.3 Å². The lowest BCUT2D eigenvalue weighted by atomic mass is 9.97. The third-order valence-electron chi connectivity index (χ3n) is 6.29. The van der Waals surface area contributed by atoms with Gasteiger partial charge in [0.2, 0.25) is 0 Å². The molecule has 1 aromatic carbocycles. The van der Waals surface area contributed by atoms with Gasteiger partial charge in [-0.15, -0.1) is 0 Å². The first-order valence-corrected chi connectivity index (χ1v) is 11.6. The highest BCUT2D eigenvalue weighted by atomic mass is 35.5. The van der Waals surface area contributed by atoms with Crippen molar-refractivity contribution in [1.82, 2.24) is 24.6 Å². The zero-order valence-electron chi connectivity index (χ0n) is 18.3. The quantitative estimate of drug-likeness (QED) is 0.552. The molecule has 8 nitrogen and oxygen atoms in total. The van der Waals surface area contributed by atoms with E-state index in [0.29, 0.717) is 59.6 Å². The second-order valence-electron chi connectivity index (χ2n) is 8.50. The smallest absolute Gasteiger partial charge is 0.272 e. The van der Waals surface area contributed by atoms with Crippen LogP contribution < -0.4 is 0 Å². The highest BCUT2D eigenvalue weighted by Gasteiger charge is 2.37. The predicted molar refractivity (Wildman–Crippen MR) is 125 cm³/mol. The molecule has 10 heteroatoms. The molecule has 0 N–H and O–H groups in total. The van der Waals surface area contributed by atoms with Gasteiger partial charge in [0.1, 0.15) is 17.5 Å². The van der Waals surface area contributed by atoms with Gasteiger partial charge in [0.05, 0.1) is 28.8 Å². The molecule has 0 saturated carbocycles. The number of amides is 2. The summed E-state index contributed by atoms with van der Waals surface area (Å²) in [6.07, 6.45) is 2.13. The minimum absolute atomic E-state index is 0.0844. The second-order valence-corrected chi connectivity index (χ2v) is 9.31. The molecule has 5 rings (SSSR count). The summed E-state index contributed by atoms with van der Waals surface area (Å²) in [6, 6.07) is 10.3. The highest BCUT2D eigenvalue weighted by Crippen LogP contribution is 2.31. The number of aromatic nitrogens is 3. The largest absolute Gasteiger partial charge is 0.331 e. The third kappa shape index (κ3) is 3.91. The molecule has 0 bridgehead atoms. The fourth-order valence-electron chi connectivity index (χ4n) is 4.53. The number of hydrogen-bond acceptors (Lipinski definition) is 5. The number of nitrogens with zero attached hydrogens (tertiary/aromatic N) is 6. The topological polar surface area (TPSA) is 95.1 Å². The summed E-state index contributed by atoms with van der Waals surface area (Å²) < 4.78 is 1.76. The molecule has 0 fully saturated rings. The molecular weight excluding hydrogens is 475 g/mol. The molecule has 3 aromatic rings. The number of halogens is 2. The van der Waals surface area contributed by atoms with E-state index in [0.717, 1.165) is 16.8 Å². The van der Waals surface area contributed by atoms with Crippen LogP contribution >= 0.6 is 23.2 Å². The van der Waals surface area contributed by atoms with E-state index in [1.165, 1.54) is 0 Å². The van der Waals surface area contributed by atoms with Crippen molar-refractivity contribution in [2.24, 2.45) is 0 Å². The van der Waals surface area contributed by atoms with Crippen LogP contribution in [0.5, 0.6) is 0 Å². The Labute approximate surface area is 206 Å². The number of hydrogen-bond donors (Lipinski definition) is 0. The van der Waals surface area contributed by atoms with Crippen LogP contribution in [0.15, 0.2) is 36.5 Å². The van der Waals surface area contributed by atoms with Crippen molar-refractivity contribution in [2.75, 3.05) is 6.54 Å². The molecule has 2 aliphatic rings. The Hall–Kier alpha value is -3.41. The first kappa shape index (κ1) is 22.4. The molecule has 2 aliphatic heterocycles. The summed E-state index contributed by atoms with van der Waals surface area (Å²) in [7, 11) is 0. The van der Waals surface area contributed by atoms with E-state index >= 15 is 0 Å². The van der Waals surface area contributed by atoms with Crippen molar-refractivity contribution in [3.63, 3.8) is 0 Å². The molecule has 4 heterocycles. The van der Waals surface area contributed by atoms with Gasteiger partial charge >= 0.3 is 0 Å². The van der Waals surface area contributed by atoms with Crippen LogP contribution in [0.4, 0.5) is 0 Å². The molecule has 1 atom stereocenters. The monoisotopic (exact) mass is 494 g/mol. The molecule has 0 unspecified atom stereocenters. The van der Waals surface area contributed by atoms with Gasteiger partial charge in [0.15, 0.2) is 0 Å². The molecule has 0 saturated heterocycles. The van der Waals surface area contributed by atoms with Gasteiger partial charge in [-0.2, -0.15) is 10.4 Å². The maximum absolute atomic E-state index is 13.5. The van der Waals surface area contributed by atoms with E-state index in [1.54, 1.807) is 51.0 Å². The molecule has 172 valence electrons. The van der Waals surface area contributed by atoms with Gasteiger partial charge in [0, 0.05) is 42.9 Å². The lowest BCUT2D eigenvalue weighted by Crippen LogP contribution is -2.44. The number of fused-ring (bicyclic) bond motifs is 3. The molecule has 0 radical (unpaired) electrons. The van der Waals surface area contributed by atoms with Crippen LogP contribution in [-0.2, 0) is 26.1 Å². The first-order valence-electron chi connectivity index (χ1n) is 10.8. The number of carbonyl (C=O) groups is 2. The fourth-order valence-corrected chi connectivity index (χ4v) is 4.83. The van der Waals surface area contributed by atoms with Gasteiger partial charge in [-0.3, -0.25) is 14.3 Å². The Kier molecular flexibility index (Phi) is 5.76. The minimum atomic E-state index is -0.169. The van der Waals surface area contributed by atoms with Crippen LogP contribution in [0.1, 0.15) is 50.3 Å². The second kappa shape index (κ2) is 8.75. The first-order chi connectivity index (χ1) is 16.4. The number of benzene rings is 1. The number of pyridine rings is 1. The standard InChI is InChI=1S/C24H20Cl2N6O2/c1-14-8-21-18(13-31(14)23(33)16-2-3-19(25)20(26)10-16)22-24(34)30(6-7-32(22)29-21)12-15-4-5-28-17(9-15)11-27/h2-5,9-10,14H,6-8,12-13H2,1H3/t14-/m1/s1. The Balaban J connectivity index is 1.42. The summed E-state index contributed by atoms with van der Waals surface area (Å²) in [6.45, 7) is 3.72. The van der Waals surface area contributed by atoms with E-state index in [2.05, 4.69) is 4.98 Å². The van der Waals surface area contributed by atoms with Crippen molar-refractivity contribution >= 4 is 35.0 Å². The Morgan fingerprint density at radius 1 is 1.21 bits per heavy atom. The molecule has 2 aromatic heterocycles. The van der Waals surface area contributed by atoms with Gasteiger partial charge in [-0.1, -0.05) is 23.2 Å². The summed E-state index contributed by atoms with van der Waals surface area (Å²) in [5.74, 6) is -0.301. The number of carbonyl (C=O) groups excluding carboxylic acids is 2. The predicted octanol–water partition coefficient (Wildman–Crippen LogP) is 3.70. The lowest BCUT2D eigenvalue weighted by Gasteiger charge is -2.34. The van der Waals surface area contributed by atoms with Crippen LogP contribution in [0.2, 0.25) is 10.0 Å². The molecule has 0 spiro atoms. The van der Waals surface area contributed by atoms with Gasteiger partial charge < -0.3 is 9.80 Å². The molecular formula is C24H20Cl2N6O2. The average Bonchev–Trinajstić information content (AvgIpc) is 3.19. The van der Waals surface area contributed by atoms with Gasteiger partial charge in [-0.05, 0) is 42.8 Å². The summed E-state index contributed by atoms with van der Waals surface area (Å²) in [5.41, 5.74) is 3.76. The van der Waals surface area contributed by atoms with Crippen molar-refractivity contribution in [3.8, 4) is 6.07 Å². The summed E-state index contributed by atoms with van der Waals surface area (Å²) >= 11 is 12.1. The van der Waals surface area contributed by atoms with Crippen molar-refractivity contribution in [1.29, 1.82) is 5.26 Å². The van der Waals surface area contributed by atoms with Crippen LogP contribution in [0.3, 0.4) is 0 Å². The SMILES string of the molecule is C[C@@H]1Cc2nn3c(c2CN1C(=O)c1ccc(Cl)c(Cl)c1)C(=O)N(Cc1ccnc(C#N)c1)CC3. The summed E-state index contributed by atoms with van der Waals surface area (Å²) in [4.78, 5) is 34.2. The Morgan fingerprint density at radius 3 is 2.79 bits per heavy atom. The van der Waals surface area contributed by atoms with E-state index < -0.39 is 0 Å². The minimum Gasteiger partial charge on any atom is -0.331 e. The lowest BCUT2D eigenvalue weighted by molar-refractivity contribution is 0.0637. The van der Waals surface area contributed by atoms with Crippen LogP contribution in [0.25, 0.3) is 0 Å². The third-order valence-corrected chi connectivity index (χ3v) is 7.03. The van der Waals surface area contributed by atoms with E-state index in [9.17, 15) is 9.59 Å². The maximum Gasteiger partial charge on any atom is 0.272 e. The molecule has 0 aliphatic carbocycles. The van der Waals surface area contributed by atoms with Crippen molar-refractivity contribution < 1.29 is 9.59 Å². The van der Waals surface area contributed by atoms with Gasteiger partial charge in [0.25, 0.3) is 11.8 Å². The number of nitriles is 1. The molecule has 34 heavy (non-hydrogen) atoms. The van der Waals surface area contributed by atoms with Crippen molar-refractivity contribution in [2.45, 2.75) is 39.0 Å². The van der Waals surface area contributed by atoms with E-state index in [-0.39, 0.29) is 17.9 Å². The van der Waals surface area contributed by atoms with E-state index in [4.69, 9.17) is 33.6 Å². The van der Waals surface area contributed by atoms with Crippen molar-refractivity contribution in [3.05, 3.63) is 80.3 Å². The van der Waals surface area contributed by atoms with Crippen LogP contribution in [-0.4, -0.2) is 49.0 Å². The maximum atomic E-state index is 13.5. The number of rotatable bonds is 3. The zero-order valence-corrected chi connectivity index (χ0v) is 19.8. The Morgan fingerprint density at radius 2 is 2.03 bits per heavy atom. The normalized spacial score (nSPS) is 17.2. The molecule has 2 amide bonds. The van der Waals surface area contributed by atoms with E-state index in [1.807, 2.05) is 13.0 Å². The fraction of sp³-hybridized carbons (Fsp3) is 0.292. The summed E-state index contributed by atoms with van der Waals surface area (Å²) in [5, 5.41) is 14.5.